The van der Waals surface area contributed by atoms with Crippen LogP contribution in [0.3, 0.4) is 0 Å². The van der Waals surface area contributed by atoms with Gasteiger partial charge in [-0.25, -0.2) is 9.18 Å². The van der Waals surface area contributed by atoms with E-state index in [1.807, 2.05) is 27.7 Å². The molecule has 1 amide bonds. The zero-order valence-corrected chi connectivity index (χ0v) is 15.2. The van der Waals surface area contributed by atoms with E-state index >= 15 is 0 Å². The minimum Gasteiger partial charge on any atom is -0.449 e. The van der Waals surface area contributed by atoms with Crippen molar-refractivity contribution >= 4 is 18.7 Å². The van der Waals surface area contributed by atoms with E-state index in [2.05, 4.69) is 0 Å². The Hall–Kier alpha value is -1.60. The summed E-state index contributed by atoms with van der Waals surface area (Å²) in [5.74, 6) is -0.313. The van der Waals surface area contributed by atoms with Crippen LogP contribution in [0, 0.1) is 5.82 Å². The third-order valence-electron chi connectivity index (χ3n) is 5.68. The Morgan fingerprint density at radius 3 is 2.56 bits per heavy atom. The third kappa shape index (κ3) is 3.27. The van der Waals surface area contributed by atoms with E-state index in [4.69, 9.17) is 19.8 Å². The van der Waals surface area contributed by atoms with Gasteiger partial charge in [-0.3, -0.25) is 0 Å². The molecule has 0 aromatic heterocycles. The van der Waals surface area contributed by atoms with Crippen molar-refractivity contribution in [1.29, 1.82) is 0 Å². The van der Waals surface area contributed by atoms with Crippen LogP contribution < -0.4 is 11.2 Å². The number of fused-ring (bicyclic) bond motifs is 1. The average molecular weight is 349 g/mol. The molecule has 1 unspecified atom stereocenters. The van der Waals surface area contributed by atoms with Crippen LogP contribution in [0.15, 0.2) is 12.1 Å². The lowest BCUT2D eigenvalue weighted by Gasteiger charge is -2.32. The molecule has 7 heteroatoms. The molecule has 1 aromatic rings. The first-order valence-corrected chi connectivity index (χ1v) is 8.71. The topological polar surface area (TPSA) is 70.8 Å². The zero-order chi connectivity index (χ0) is 18.4. The molecule has 2 aliphatic rings. The number of halogens is 1. The van der Waals surface area contributed by atoms with Crippen LogP contribution in [0.4, 0.5) is 9.18 Å². The van der Waals surface area contributed by atoms with E-state index in [9.17, 15) is 9.18 Å². The molecule has 1 aromatic carbocycles. The van der Waals surface area contributed by atoms with Crippen LogP contribution in [0.1, 0.15) is 57.6 Å². The Labute approximate surface area is 148 Å². The minimum absolute atomic E-state index is 0.0121. The quantitative estimate of drug-likeness (QED) is 0.852. The van der Waals surface area contributed by atoms with E-state index in [1.165, 1.54) is 6.07 Å². The fraction of sp³-hybridized carbons (Fsp3) is 0.611. The molecule has 0 radical (unpaired) electrons. The van der Waals surface area contributed by atoms with Crippen molar-refractivity contribution in [3.05, 3.63) is 29.1 Å². The number of ether oxygens (including phenoxy) is 1. The molecule has 1 heterocycles. The second-order valence-corrected chi connectivity index (χ2v) is 7.84. The van der Waals surface area contributed by atoms with Crippen LogP contribution >= 0.6 is 0 Å². The number of hydrogen-bond acceptors (Lipinski definition) is 4. The summed E-state index contributed by atoms with van der Waals surface area (Å²) in [4.78, 5) is 10.9. The summed E-state index contributed by atoms with van der Waals surface area (Å²) in [6.07, 6.45) is 1.71. The molecule has 25 heavy (non-hydrogen) atoms. The van der Waals surface area contributed by atoms with E-state index in [0.717, 1.165) is 30.4 Å². The first kappa shape index (κ1) is 18.2. The van der Waals surface area contributed by atoms with E-state index in [0.29, 0.717) is 5.46 Å². The van der Waals surface area contributed by atoms with Crippen molar-refractivity contribution in [2.75, 3.05) is 6.61 Å². The molecule has 1 saturated heterocycles. The van der Waals surface area contributed by atoms with Crippen molar-refractivity contribution in [3.63, 3.8) is 0 Å². The first-order chi connectivity index (χ1) is 11.6. The first-order valence-electron chi connectivity index (χ1n) is 8.71. The number of rotatable bonds is 3. The summed E-state index contributed by atoms with van der Waals surface area (Å²) in [5.41, 5.74) is 6.38. The summed E-state index contributed by atoms with van der Waals surface area (Å²) in [6.45, 7) is 8.00. The predicted octanol–water partition coefficient (Wildman–Crippen LogP) is 2.64. The van der Waals surface area contributed by atoms with Crippen molar-refractivity contribution in [3.8, 4) is 0 Å². The smallest absolute Gasteiger partial charge is 0.449 e. The molecule has 2 N–H and O–H groups in total. The third-order valence-corrected chi connectivity index (χ3v) is 5.68. The molecule has 136 valence electrons. The van der Waals surface area contributed by atoms with Gasteiger partial charge in [0.1, 0.15) is 12.4 Å². The van der Waals surface area contributed by atoms with Crippen molar-refractivity contribution < 1.29 is 23.2 Å². The second kappa shape index (κ2) is 6.29. The van der Waals surface area contributed by atoms with Gasteiger partial charge in [0.15, 0.2) is 0 Å². The Morgan fingerprint density at radius 1 is 1.32 bits per heavy atom. The van der Waals surface area contributed by atoms with Gasteiger partial charge in [-0.15, -0.1) is 0 Å². The fourth-order valence-corrected chi connectivity index (χ4v) is 3.57. The van der Waals surface area contributed by atoms with Gasteiger partial charge < -0.3 is 19.8 Å². The number of hydrogen-bond donors (Lipinski definition) is 1. The summed E-state index contributed by atoms with van der Waals surface area (Å²) in [6, 6.07) is 3.22. The van der Waals surface area contributed by atoms with E-state index in [1.54, 1.807) is 6.07 Å². The Balaban J connectivity index is 1.96. The highest BCUT2D eigenvalue weighted by Gasteiger charge is 2.53. The highest BCUT2D eigenvalue weighted by atomic mass is 19.1. The standard InChI is InChI=1S/C18H25BFNO4/c1-17(2)18(3,4)25-19(24-17)15-13-7-5-6-11(10-23-16(21)22)12(13)8-9-14(15)20/h8-9,11H,5-7,10H2,1-4H3,(H2,21,22). The number of carbonyl (C=O) groups is 1. The van der Waals surface area contributed by atoms with Crippen LogP contribution in [0.5, 0.6) is 0 Å². The van der Waals surface area contributed by atoms with Gasteiger partial charge in [0.25, 0.3) is 0 Å². The van der Waals surface area contributed by atoms with E-state index in [-0.39, 0.29) is 18.3 Å². The molecule has 0 bridgehead atoms. The maximum absolute atomic E-state index is 14.7. The number of primary amides is 1. The van der Waals surface area contributed by atoms with Gasteiger partial charge in [0, 0.05) is 11.4 Å². The van der Waals surface area contributed by atoms with Gasteiger partial charge in [0.05, 0.1) is 11.2 Å². The lowest BCUT2D eigenvalue weighted by atomic mass is 9.69. The molecule has 1 fully saturated rings. The van der Waals surface area contributed by atoms with Crippen molar-refractivity contribution in [2.45, 2.75) is 64.1 Å². The normalized spacial score (nSPS) is 24.0. The monoisotopic (exact) mass is 349 g/mol. The maximum Gasteiger partial charge on any atom is 0.498 e. The lowest BCUT2D eigenvalue weighted by molar-refractivity contribution is 0.00578. The summed E-state index contributed by atoms with van der Waals surface area (Å²) >= 11 is 0. The summed E-state index contributed by atoms with van der Waals surface area (Å²) in [5, 5.41) is 0. The van der Waals surface area contributed by atoms with Crippen LogP contribution in [0.2, 0.25) is 0 Å². The number of nitrogens with two attached hydrogens (primary N) is 1. The molecular formula is C18H25BFNO4. The lowest BCUT2D eigenvalue weighted by Crippen LogP contribution is -2.41. The second-order valence-electron chi connectivity index (χ2n) is 7.84. The van der Waals surface area contributed by atoms with E-state index < -0.39 is 24.4 Å². The van der Waals surface area contributed by atoms with Crippen molar-refractivity contribution in [1.82, 2.24) is 0 Å². The summed E-state index contributed by atoms with van der Waals surface area (Å²) in [7, 11) is -0.740. The van der Waals surface area contributed by atoms with Gasteiger partial charge >= 0.3 is 13.2 Å². The molecule has 5 nitrogen and oxygen atoms in total. The Kier molecular flexibility index (Phi) is 4.58. The fourth-order valence-electron chi connectivity index (χ4n) is 3.57. The van der Waals surface area contributed by atoms with Gasteiger partial charge in [-0.2, -0.15) is 0 Å². The van der Waals surface area contributed by atoms with Crippen molar-refractivity contribution in [2.24, 2.45) is 5.73 Å². The number of benzene rings is 1. The van der Waals surface area contributed by atoms with Gasteiger partial charge in [-0.05, 0) is 64.2 Å². The molecule has 1 atom stereocenters. The molecule has 0 spiro atoms. The van der Waals surface area contributed by atoms with Gasteiger partial charge in [-0.1, -0.05) is 6.07 Å². The molecule has 0 saturated carbocycles. The highest BCUT2D eigenvalue weighted by Crippen LogP contribution is 2.38. The molecule has 3 rings (SSSR count). The minimum atomic E-state index is -0.791. The predicted molar refractivity (Wildman–Crippen MR) is 93.3 cm³/mol. The van der Waals surface area contributed by atoms with Crippen LogP contribution in [-0.4, -0.2) is 31.0 Å². The van der Waals surface area contributed by atoms with Gasteiger partial charge in [0.2, 0.25) is 0 Å². The van der Waals surface area contributed by atoms with Crippen LogP contribution in [-0.2, 0) is 20.5 Å². The number of amides is 1. The Morgan fingerprint density at radius 2 is 1.96 bits per heavy atom. The maximum atomic E-state index is 14.7. The molecule has 1 aliphatic carbocycles. The average Bonchev–Trinajstić information content (AvgIpc) is 2.72. The van der Waals surface area contributed by atoms with Crippen LogP contribution in [0.25, 0.3) is 0 Å². The molecule has 1 aliphatic heterocycles. The highest BCUT2D eigenvalue weighted by molar-refractivity contribution is 6.62. The SMILES string of the molecule is CC1(C)OB(c2c(F)ccc3c2CCCC3COC(N)=O)OC1(C)C. The summed E-state index contributed by atoms with van der Waals surface area (Å²) < 4.78 is 31.8. The number of carbonyl (C=O) groups excluding carboxylic acids is 1. The largest absolute Gasteiger partial charge is 0.498 e. The molecular weight excluding hydrogens is 324 g/mol. The Bertz CT molecular complexity index is 676. The zero-order valence-electron chi connectivity index (χ0n) is 15.2.